The Morgan fingerprint density at radius 1 is 1.40 bits per heavy atom. The van der Waals surface area contributed by atoms with Gasteiger partial charge in [0.2, 0.25) is 0 Å². The summed E-state index contributed by atoms with van der Waals surface area (Å²) >= 11 is 0. The molecule has 25 heavy (non-hydrogen) atoms. The molecule has 0 aliphatic carbocycles. The van der Waals surface area contributed by atoms with Gasteiger partial charge in [0.1, 0.15) is 0 Å². The van der Waals surface area contributed by atoms with E-state index in [2.05, 4.69) is 22.2 Å². The summed E-state index contributed by atoms with van der Waals surface area (Å²) < 4.78 is 5.39. The van der Waals surface area contributed by atoms with E-state index in [0.717, 1.165) is 16.7 Å². The Labute approximate surface area is 148 Å². The number of urea groups is 1. The van der Waals surface area contributed by atoms with Crippen LogP contribution in [0, 0.1) is 5.92 Å². The molecule has 3 amide bonds. The van der Waals surface area contributed by atoms with Gasteiger partial charge in [-0.25, -0.2) is 4.79 Å². The van der Waals surface area contributed by atoms with E-state index in [-0.39, 0.29) is 17.8 Å². The van der Waals surface area contributed by atoms with Gasteiger partial charge in [-0.05, 0) is 43.9 Å². The zero-order chi connectivity index (χ0) is 18.8. The van der Waals surface area contributed by atoms with E-state index in [1.165, 1.54) is 0 Å². The van der Waals surface area contributed by atoms with Crippen molar-refractivity contribution in [3.63, 3.8) is 0 Å². The number of nitrogens with zero attached hydrogens (tertiary/aromatic N) is 1. The minimum Gasteiger partial charge on any atom is -0.451 e. The normalized spacial score (nSPS) is 18.9. The zero-order valence-electron chi connectivity index (χ0n) is 15.3. The lowest BCUT2D eigenvalue weighted by Gasteiger charge is -2.26. The highest BCUT2D eigenvalue weighted by Crippen LogP contribution is 2.23. The molecular weight excluding hydrogens is 318 g/mol. The first-order chi connectivity index (χ1) is 11.6. The van der Waals surface area contributed by atoms with Crippen LogP contribution < -0.4 is 10.6 Å². The van der Waals surface area contributed by atoms with Gasteiger partial charge in [-0.2, -0.15) is 0 Å². The molecule has 1 heterocycles. The van der Waals surface area contributed by atoms with Crippen LogP contribution in [0.15, 0.2) is 35.8 Å². The zero-order valence-corrected chi connectivity index (χ0v) is 15.3. The molecule has 0 bridgehead atoms. The standard InChI is InChI=1S/C19H25N3O3/c1-11(2)13-8-7-9-14(10-13)19(5,6)22-17(24)21-18-20-16(23)15(25-18)12(3)4/h7-10,12,15H,1H2,2-6H3,(H2,20,21,22,23,24)/t15-/m1/s1. The average molecular weight is 343 g/mol. The van der Waals surface area contributed by atoms with Crippen molar-refractivity contribution in [2.75, 3.05) is 0 Å². The van der Waals surface area contributed by atoms with Gasteiger partial charge in [-0.3, -0.25) is 10.1 Å². The third kappa shape index (κ3) is 4.47. The Morgan fingerprint density at radius 2 is 2.08 bits per heavy atom. The van der Waals surface area contributed by atoms with Crippen molar-refractivity contribution in [2.45, 2.75) is 46.3 Å². The number of nitrogens with one attached hydrogen (secondary N) is 2. The van der Waals surface area contributed by atoms with Crippen LogP contribution in [0.3, 0.4) is 0 Å². The second-order valence-corrected chi connectivity index (χ2v) is 7.10. The van der Waals surface area contributed by atoms with Crippen LogP contribution in [0.25, 0.3) is 5.57 Å². The van der Waals surface area contributed by atoms with Crippen LogP contribution in [0.1, 0.15) is 45.7 Å². The highest BCUT2D eigenvalue weighted by atomic mass is 16.5. The summed E-state index contributed by atoms with van der Waals surface area (Å²) in [6.07, 6.45) is -0.619. The number of rotatable bonds is 4. The highest BCUT2D eigenvalue weighted by Gasteiger charge is 2.34. The average Bonchev–Trinajstić information content (AvgIpc) is 2.87. The number of amides is 3. The molecule has 1 aromatic carbocycles. The van der Waals surface area contributed by atoms with Gasteiger partial charge in [-0.1, -0.05) is 44.2 Å². The topological polar surface area (TPSA) is 79.8 Å². The lowest BCUT2D eigenvalue weighted by atomic mass is 9.92. The van der Waals surface area contributed by atoms with Crippen LogP contribution >= 0.6 is 0 Å². The van der Waals surface area contributed by atoms with Crippen LogP contribution in [-0.2, 0) is 15.1 Å². The van der Waals surface area contributed by atoms with E-state index in [1.54, 1.807) is 0 Å². The summed E-state index contributed by atoms with van der Waals surface area (Å²) in [6.45, 7) is 13.4. The molecule has 1 aromatic rings. The molecule has 1 aliphatic rings. The summed E-state index contributed by atoms with van der Waals surface area (Å²) in [5.74, 6) is -0.285. The molecule has 134 valence electrons. The van der Waals surface area contributed by atoms with E-state index in [4.69, 9.17) is 4.74 Å². The Morgan fingerprint density at radius 3 is 2.64 bits per heavy atom. The van der Waals surface area contributed by atoms with Crippen molar-refractivity contribution in [3.05, 3.63) is 42.0 Å². The Hall–Kier alpha value is -2.63. The van der Waals surface area contributed by atoms with Crippen molar-refractivity contribution in [3.8, 4) is 0 Å². The van der Waals surface area contributed by atoms with Crippen molar-refractivity contribution in [1.29, 1.82) is 0 Å². The smallest absolute Gasteiger partial charge is 0.346 e. The lowest BCUT2D eigenvalue weighted by molar-refractivity contribution is -0.124. The van der Waals surface area contributed by atoms with Crippen LogP contribution in [-0.4, -0.2) is 24.1 Å². The van der Waals surface area contributed by atoms with Gasteiger partial charge in [0.05, 0.1) is 5.54 Å². The quantitative estimate of drug-likeness (QED) is 0.881. The van der Waals surface area contributed by atoms with E-state index in [0.29, 0.717) is 0 Å². The van der Waals surface area contributed by atoms with Crippen molar-refractivity contribution in [2.24, 2.45) is 10.9 Å². The minimum atomic E-state index is -0.646. The second kappa shape index (κ2) is 7.09. The maximum Gasteiger partial charge on any atom is 0.346 e. The number of benzene rings is 1. The fraction of sp³-hybridized carbons (Fsp3) is 0.421. The Bertz CT molecular complexity index is 735. The molecule has 1 fully saturated rings. The molecule has 1 atom stereocenters. The second-order valence-electron chi connectivity index (χ2n) is 7.10. The predicted molar refractivity (Wildman–Crippen MR) is 98.0 cm³/mol. The van der Waals surface area contributed by atoms with Gasteiger partial charge in [0.15, 0.2) is 6.10 Å². The van der Waals surface area contributed by atoms with Crippen LogP contribution in [0.5, 0.6) is 0 Å². The molecule has 2 rings (SSSR count). The van der Waals surface area contributed by atoms with Gasteiger partial charge >= 0.3 is 12.1 Å². The number of amidine groups is 1. The molecule has 0 aromatic heterocycles. The molecule has 6 heteroatoms. The number of aliphatic imine (C=N–C) groups is 1. The number of hydrogen-bond donors (Lipinski definition) is 2. The van der Waals surface area contributed by atoms with Gasteiger partial charge in [-0.15, -0.1) is 4.99 Å². The Kier molecular flexibility index (Phi) is 5.30. The molecule has 0 radical (unpaired) electrons. The van der Waals surface area contributed by atoms with E-state index in [9.17, 15) is 9.59 Å². The summed E-state index contributed by atoms with van der Waals surface area (Å²) in [7, 11) is 0. The molecule has 6 nitrogen and oxygen atoms in total. The molecule has 1 aliphatic heterocycles. The Balaban J connectivity index is 2.11. The van der Waals surface area contributed by atoms with Crippen LogP contribution in [0.2, 0.25) is 0 Å². The number of hydrogen-bond acceptors (Lipinski definition) is 3. The first kappa shape index (κ1) is 18.7. The lowest BCUT2D eigenvalue weighted by Crippen LogP contribution is -2.40. The largest absolute Gasteiger partial charge is 0.451 e. The first-order valence-electron chi connectivity index (χ1n) is 8.25. The molecule has 2 N–H and O–H groups in total. The van der Waals surface area contributed by atoms with Crippen molar-refractivity contribution >= 4 is 23.5 Å². The van der Waals surface area contributed by atoms with Gasteiger partial charge in [0, 0.05) is 0 Å². The SMILES string of the molecule is C=C(C)c1cccc(C(C)(C)NC(=O)N=C2NC(=O)[C@@H](C(C)C)O2)c1. The summed E-state index contributed by atoms with van der Waals surface area (Å²) in [5, 5.41) is 5.32. The van der Waals surface area contributed by atoms with Gasteiger partial charge in [0.25, 0.3) is 5.91 Å². The minimum absolute atomic E-state index is 0.00270. The fourth-order valence-electron chi connectivity index (χ4n) is 2.51. The molecule has 1 saturated heterocycles. The summed E-state index contributed by atoms with van der Waals surface area (Å²) in [4.78, 5) is 27.8. The maximum absolute atomic E-state index is 12.2. The third-order valence-electron chi connectivity index (χ3n) is 4.03. The summed E-state index contributed by atoms with van der Waals surface area (Å²) in [6, 6.07) is 7.17. The summed E-state index contributed by atoms with van der Waals surface area (Å²) in [5.41, 5.74) is 2.24. The first-order valence-corrected chi connectivity index (χ1v) is 8.25. The van der Waals surface area contributed by atoms with E-state index in [1.807, 2.05) is 58.9 Å². The third-order valence-corrected chi connectivity index (χ3v) is 4.03. The highest BCUT2D eigenvalue weighted by molar-refractivity contribution is 6.05. The molecule has 0 unspecified atom stereocenters. The van der Waals surface area contributed by atoms with Crippen molar-refractivity contribution in [1.82, 2.24) is 10.6 Å². The number of allylic oxidation sites excluding steroid dienone is 1. The maximum atomic E-state index is 12.2. The number of carbonyl (C=O) groups is 2. The molecule has 0 saturated carbocycles. The van der Waals surface area contributed by atoms with E-state index < -0.39 is 17.7 Å². The number of carbonyl (C=O) groups excluding carboxylic acids is 2. The monoisotopic (exact) mass is 343 g/mol. The number of ether oxygens (including phenoxy) is 1. The molecular formula is C19H25N3O3. The van der Waals surface area contributed by atoms with Gasteiger partial charge < -0.3 is 10.1 Å². The van der Waals surface area contributed by atoms with Crippen molar-refractivity contribution < 1.29 is 14.3 Å². The van der Waals surface area contributed by atoms with Crippen LogP contribution in [0.4, 0.5) is 4.79 Å². The fourth-order valence-corrected chi connectivity index (χ4v) is 2.51. The van der Waals surface area contributed by atoms with E-state index >= 15 is 0 Å². The molecule has 0 spiro atoms. The predicted octanol–water partition coefficient (Wildman–Crippen LogP) is 3.19.